The second kappa shape index (κ2) is 5.40. The van der Waals surface area contributed by atoms with Gasteiger partial charge in [-0.2, -0.15) is 0 Å². The van der Waals surface area contributed by atoms with Gasteiger partial charge in [0.15, 0.2) is 5.82 Å². The maximum absolute atomic E-state index is 12.4. The molecule has 1 fully saturated rings. The van der Waals surface area contributed by atoms with Crippen LogP contribution in [0.25, 0.3) is 0 Å². The Morgan fingerprint density at radius 1 is 1.58 bits per heavy atom. The van der Waals surface area contributed by atoms with Gasteiger partial charge in [-0.05, 0) is 13.8 Å². The number of nitrogens with zero attached hydrogens (tertiary/aromatic N) is 3. The lowest BCUT2D eigenvalue weighted by Gasteiger charge is -2.34. The van der Waals surface area contributed by atoms with Crippen molar-refractivity contribution in [1.82, 2.24) is 14.9 Å². The predicted octanol–water partition coefficient (Wildman–Crippen LogP) is -0.912. The van der Waals surface area contributed by atoms with E-state index in [1.54, 1.807) is 21.9 Å². The van der Waals surface area contributed by atoms with Gasteiger partial charge in [-0.1, -0.05) is 0 Å². The first-order valence-electron chi connectivity index (χ1n) is 6.36. The van der Waals surface area contributed by atoms with E-state index in [2.05, 4.69) is 10.3 Å². The van der Waals surface area contributed by atoms with Gasteiger partial charge in [0.05, 0.1) is 0 Å². The molecule has 0 bridgehead atoms. The van der Waals surface area contributed by atoms with E-state index in [0.29, 0.717) is 25.5 Å². The number of hydrogen-bond acceptors (Lipinski definition) is 5. The van der Waals surface area contributed by atoms with Crippen molar-refractivity contribution in [2.24, 2.45) is 5.73 Å². The number of anilines is 1. The Morgan fingerprint density at radius 2 is 2.32 bits per heavy atom. The van der Waals surface area contributed by atoms with Crippen LogP contribution in [0.1, 0.15) is 19.9 Å². The fourth-order valence-corrected chi connectivity index (χ4v) is 2.23. The van der Waals surface area contributed by atoms with Crippen molar-refractivity contribution in [3.63, 3.8) is 0 Å². The molecule has 1 amide bonds. The van der Waals surface area contributed by atoms with Crippen molar-refractivity contribution >= 4 is 11.7 Å². The molecule has 7 nitrogen and oxygen atoms in total. The quantitative estimate of drug-likeness (QED) is 0.738. The van der Waals surface area contributed by atoms with Gasteiger partial charge in [0.1, 0.15) is 6.04 Å². The molecule has 0 spiro atoms. The second-order valence-corrected chi connectivity index (χ2v) is 4.87. The topological polar surface area (TPSA) is 93.2 Å². The summed E-state index contributed by atoms with van der Waals surface area (Å²) in [5.41, 5.74) is 5.20. The summed E-state index contributed by atoms with van der Waals surface area (Å²) in [4.78, 5) is 29.7. The normalized spacial score (nSPS) is 19.7. The number of primary amides is 1. The van der Waals surface area contributed by atoms with Crippen LogP contribution in [0.2, 0.25) is 0 Å². The molecular formula is C12H19N5O2. The summed E-state index contributed by atoms with van der Waals surface area (Å²) in [6.45, 7) is 5.52. The van der Waals surface area contributed by atoms with Crippen LogP contribution in [-0.4, -0.2) is 41.1 Å². The summed E-state index contributed by atoms with van der Waals surface area (Å²) in [6.07, 6.45) is 3.23. The smallest absolute Gasteiger partial charge is 0.293 e. The van der Waals surface area contributed by atoms with Crippen LogP contribution in [0, 0.1) is 0 Å². The fraction of sp³-hybridized carbons (Fsp3) is 0.583. The highest BCUT2D eigenvalue weighted by Crippen LogP contribution is 2.12. The first-order valence-corrected chi connectivity index (χ1v) is 6.36. The molecule has 7 heteroatoms. The van der Waals surface area contributed by atoms with Crippen molar-refractivity contribution in [1.29, 1.82) is 0 Å². The summed E-state index contributed by atoms with van der Waals surface area (Å²) in [6, 6.07) is -0.485. The highest BCUT2D eigenvalue weighted by molar-refractivity contribution is 5.83. The van der Waals surface area contributed by atoms with Crippen LogP contribution in [0.5, 0.6) is 0 Å². The van der Waals surface area contributed by atoms with E-state index in [4.69, 9.17) is 5.73 Å². The van der Waals surface area contributed by atoms with Crippen molar-refractivity contribution in [2.45, 2.75) is 25.9 Å². The van der Waals surface area contributed by atoms with Crippen LogP contribution in [-0.2, 0) is 4.79 Å². The molecule has 3 N–H and O–H groups in total. The number of nitrogens with one attached hydrogen (secondary N) is 1. The van der Waals surface area contributed by atoms with Crippen LogP contribution >= 0.6 is 0 Å². The van der Waals surface area contributed by atoms with Crippen molar-refractivity contribution in [2.75, 3.05) is 24.5 Å². The van der Waals surface area contributed by atoms with Crippen molar-refractivity contribution < 1.29 is 4.79 Å². The molecule has 1 unspecified atom stereocenters. The van der Waals surface area contributed by atoms with E-state index in [-0.39, 0.29) is 11.6 Å². The summed E-state index contributed by atoms with van der Waals surface area (Å²) < 4.78 is 1.60. The molecule has 1 aliphatic rings. The number of piperazine rings is 1. The van der Waals surface area contributed by atoms with E-state index in [0.717, 1.165) is 0 Å². The monoisotopic (exact) mass is 265 g/mol. The number of hydrogen-bond donors (Lipinski definition) is 2. The zero-order chi connectivity index (χ0) is 14.0. The Hall–Kier alpha value is -1.89. The van der Waals surface area contributed by atoms with Crippen molar-refractivity contribution in [3.05, 3.63) is 22.7 Å². The van der Waals surface area contributed by atoms with Crippen LogP contribution in [0.3, 0.4) is 0 Å². The molecule has 1 aromatic heterocycles. The largest absolute Gasteiger partial charge is 0.368 e. The van der Waals surface area contributed by atoms with E-state index >= 15 is 0 Å². The Kier molecular flexibility index (Phi) is 3.84. The average molecular weight is 265 g/mol. The number of rotatable bonds is 3. The SMILES string of the molecule is CC(C)n1ccnc(N2CCNCC2C(N)=O)c1=O. The minimum atomic E-state index is -0.531. The van der Waals surface area contributed by atoms with Gasteiger partial charge in [-0.25, -0.2) is 4.98 Å². The fourth-order valence-electron chi connectivity index (χ4n) is 2.23. The first kappa shape index (κ1) is 13.5. The molecule has 2 heterocycles. The molecule has 1 saturated heterocycles. The third-order valence-corrected chi connectivity index (χ3v) is 3.25. The summed E-state index contributed by atoms with van der Waals surface area (Å²) in [5, 5.41) is 3.09. The standard InChI is InChI=1S/C12H19N5O2/c1-8(2)16-6-4-15-11(12(16)19)17-5-3-14-7-9(17)10(13)18/h4,6,8-9,14H,3,5,7H2,1-2H3,(H2,13,18). The number of carbonyl (C=O) groups is 1. The first-order chi connectivity index (χ1) is 9.02. The Bertz CT molecular complexity index is 525. The third-order valence-electron chi connectivity index (χ3n) is 3.25. The lowest BCUT2D eigenvalue weighted by Crippen LogP contribution is -2.58. The molecule has 0 aromatic carbocycles. The number of amides is 1. The Balaban J connectivity index is 2.42. The zero-order valence-corrected chi connectivity index (χ0v) is 11.2. The van der Waals surface area contributed by atoms with E-state index < -0.39 is 11.9 Å². The highest BCUT2D eigenvalue weighted by Gasteiger charge is 2.29. The van der Waals surface area contributed by atoms with Gasteiger partial charge in [0.2, 0.25) is 5.91 Å². The lowest BCUT2D eigenvalue weighted by molar-refractivity contribution is -0.119. The predicted molar refractivity (Wildman–Crippen MR) is 72.1 cm³/mol. The maximum Gasteiger partial charge on any atom is 0.293 e. The van der Waals surface area contributed by atoms with Crippen LogP contribution in [0.15, 0.2) is 17.2 Å². The highest BCUT2D eigenvalue weighted by atomic mass is 16.2. The summed E-state index contributed by atoms with van der Waals surface area (Å²) >= 11 is 0. The zero-order valence-electron chi connectivity index (χ0n) is 11.2. The minimum absolute atomic E-state index is 0.0455. The van der Waals surface area contributed by atoms with Gasteiger partial charge < -0.3 is 20.5 Å². The van der Waals surface area contributed by atoms with Crippen LogP contribution in [0.4, 0.5) is 5.82 Å². The van der Waals surface area contributed by atoms with E-state index in [1.165, 1.54) is 0 Å². The molecule has 1 aliphatic heterocycles. The Labute approximate surface area is 111 Å². The molecule has 104 valence electrons. The molecule has 0 aliphatic carbocycles. The lowest BCUT2D eigenvalue weighted by atomic mass is 10.2. The maximum atomic E-state index is 12.4. The average Bonchev–Trinajstić information content (AvgIpc) is 2.38. The van der Waals surface area contributed by atoms with Gasteiger partial charge in [-0.3, -0.25) is 9.59 Å². The molecule has 1 aromatic rings. The number of aromatic nitrogens is 2. The van der Waals surface area contributed by atoms with Crippen molar-refractivity contribution in [3.8, 4) is 0 Å². The van der Waals surface area contributed by atoms with Gasteiger partial charge >= 0.3 is 0 Å². The van der Waals surface area contributed by atoms with Crippen LogP contribution < -0.4 is 21.5 Å². The summed E-state index contributed by atoms with van der Waals surface area (Å²) in [7, 11) is 0. The Morgan fingerprint density at radius 3 is 2.95 bits per heavy atom. The van der Waals surface area contributed by atoms with E-state index in [1.807, 2.05) is 13.8 Å². The number of carbonyl (C=O) groups excluding carboxylic acids is 1. The molecular weight excluding hydrogens is 246 g/mol. The molecule has 0 radical (unpaired) electrons. The second-order valence-electron chi connectivity index (χ2n) is 4.87. The van der Waals surface area contributed by atoms with E-state index in [9.17, 15) is 9.59 Å². The third kappa shape index (κ3) is 2.60. The van der Waals surface area contributed by atoms with Gasteiger partial charge in [0.25, 0.3) is 5.56 Å². The van der Waals surface area contributed by atoms with Gasteiger partial charge in [0, 0.05) is 38.1 Å². The molecule has 0 saturated carbocycles. The number of nitrogens with two attached hydrogens (primary N) is 1. The summed E-state index contributed by atoms with van der Waals surface area (Å²) in [5.74, 6) is -0.158. The molecule has 2 rings (SSSR count). The molecule has 1 atom stereocenters. The molecule has 19 heavy (non-hydrogen) atoms. The van der Waals surface area contributed by atoms with Gasteiger partial charge in [-0.15, -0.1) is 0 Å². The minimum Gasteiger partial charge on any atom is -0.368 e.